The number of hydrogen-bond donors (Lipinski definition) is 1. The molecule has 4 nitrogen and oxygen atoms in total. The topological polar surface area (TPSA) is 51.6 Å². The van der Waals surface area contributed by atoms with Crippen molar-refractivity contribution in [3.05, 3.63) is 23.2 Å². The summed E-state index contributed by atoms with van der Waals surface area (Å²) in [5, 5.41) is 0. The molecule has 0 spiro atoms. The third kappa shape index (κ3) is 3.09. The summed E-state index contributed by atoms with van der Waals surface area (Å²) in [6.07, 6.45) is 1.22. The summed E-state index contributed by atoms with van der Waals surface area (Å²) in [6.45, 7) is 6.52. The van der Waals surface area contributed by atoms with Crippen LogP contribution in [0.1, 0.15) is 23.5 Å². The molecule has 96 valence electrons. The van der Waals surface area contributed by atoms with E-state index in [-0.39, 0.29) is 0 Å². The average Bonchev–Trinajstić information content (AvgIpc) is 2.87. The Bertz CT molecular complexity index is 362. The largest absolute Gasteiger partial charge is 0.463 e. The van der Waals surface area contributed by atoms with Gasteiger partial charge in [0.2, 0.25) is 0 Å². The van der Waals surface area contributed by atoms with E-state index >= 15 is 0 Å². The highest BCUT2D eigenvalue weighted by Crippen LogP contribution is 2.21. The first-order chi connectivity index (χ1) is 8.22. The van der Waals surface area contributed by atoms with Crippen LogP contribution in [-0.4, -0.2) is 31.7 Å². The number of furan rings is 1. The van der Waals surface area contributed by atoms with Crippen LogP contribution in [0.2, 0.25) is 0 Å². The number of likely N-dealkylation sites (tertiary alicyclic amines) is 1. The first-order valence-electron chi connectivity index (χ1n) is 6.22. The van der Waals surface area contributed by atoms with Crippen molar-refractivity contribution >= 4 is 0 Å². The van der Waals surface area contributed by atoms with Crippen LogP contribution < -0.4 is 5.73 Å². The summed E-state index contributed by atoms with van der Waals surface area (Å²) in [5.74, 6) is 2.61. The Balaban J connectivity index is 1.89. The Labute approximate surface area is 103 Å². The molecule has 1 atom stereocenters. The molecule has 1 aromatic rings. The van der Waals surface area contributed by atoms with E-state index in [0.717, 1.165) is 43.3 Å². The highest BCUT2D eigenvalue weighted by Gasteiger charge is 2.23. The summed E-state index contributed by atoms with van der Waals surface area (Å²) < 4.78 is 10.9. The van der Waals surface area contributed by atoms with Crippen LogP contribution in [-0.2, 0) is 17.8 Å². The maximum Gasteiger partial charge on any atom is 0.120 e. The van der Waals surface area contributed by atoms with Gasteiger partial charge in [-0.3, -0.25) is 4.90 Å². The zero-order valence-corrected chi connectivity index (χ0v) is 10.7. The monoisotopic (exact) mass is 238 g/mol. The van der Waals surface area contributed by atoms with Gasteiger partial charge in [-0.25, -0.2) is 0 Å². The fourth-order valence-corrected chi connectivity index (χ4v) is 2.52. The lowest BCUT2D eigenvalue weighted by atomic mass is 10.1. The van der Waals surface area contributed by atoms with Crippen LogP contribution in [0.4, 0.5) is 0 Å². The van der Waals surface area contributed by atoms with Gasteiger partial charge in [-0.05, 0) is 37.4 Å². The highest BCUT2D eigenvalue weighted by molar-refractivity contribution is 5.19. The van der Waals surface area contributed by atoms with Crippen molar-refractivity contribution in [2.45, 2.75) is 26.4 Å². The minimum absolute atomic E-state index is 0.484. The van der Waals surface area contributed by atoms with Crippen molar-refractivity contribution < 1.29 is 9.15 Å². The van der Waals surface area contributed by atoms with Gasteiger partial charge in [-0.1, -0.05) is 0 Å². The molecule has 1 fully saturated rings. The third-order valence-corrected chi connectivity index (χ3v) is 3.41. The molecule has 0 aromatic carbocycles. The number of aryl methyl sites for hydroxylation is 1. The molecular weight excluding hydrogens is 216 g/mol. The highest BCUT2D eigenvalue weighted by atomic mass is 16.5. The van der Waals surface area contributed by atoms with Gasteiger partial charge < -0.3 is 14.9 Å². The van der Waals surface area contributed by atoms with Crippen molar-refractivity contribution in [1.29, 1.82) is 0 Å². The van der Waals surface area contributed by atoms with E-state index < -0.39 is 0 Å². The van der Waals surface area contributed by atoms with Crippen molar-refractivity contribution in [1.82, 2.24) is 4.90 Å². The van der Waals surface area contributed by atoms with Gasteiger partial charge in [0.15, 0.2) is 0 Å². The quantitative estimate of drug-likeness (QED) is 0.845. The normalized spacial score (nSPS) is 21.2. The van der Waals surface area contributed by atoms with E-state index in [0.29, 0.717) is 12.5 Å². The van der Waals surface area contributed by atoms with Crippen LogP contribution in [0.15, 0.2) is 10.5 Å². The molecule has 0 amide bonds. The Morgan fingerprint density at radius 2 is 2.41 bits per heavy atom. The summed E-state index contributed by atoms with van der Waals surface area (Å²) in [5.41, 5.74) is 6.77. The minimum Gasteiger partial charge on any atom is -0.463 e. The number of methoxy groups -OCH3 is 1. The fourth-order valence-electron chi connectivity index (χ4n) is 2.52. The van der Waals surface area contributed by atoms with E-state index in [1.165, 1.54) is 6.42 Å². The third-order valence-electron chi connectivity index (χ3n) is 3.41. The van der Waals surface area contributed by atoms with Crippen LogP contribution >= 0.6 is 0 Å². The van der Waals surface area contributed by atoms with Gasteiger partial charge in [0.25, 0.3) is 0 Å². The zero-order chi connectivity index (χ0) is 12.3. The SMILES string of the molecule is COCC1CCN(Cc2cc(C)c(CN)o2)C1. The van der Waals surface area contributed by atoms with E-state index in [4.69, 9.17) is 14.9 Å². The lowest BCUT2D eigenvalue weighted by Crippen LogP contribution is -2.21. The minimum atomic E-state index is 0.484. The van der Waals surface area contributed by atoms with E-state index in [2.05, 4.69) is 11.0 Å². The lowest BCUT2D eigenvalue weighted by molar-refractivity contribution is 0.151. The molecule has 17 heavy (non-hydrogen) atoms. The van der Waals surface area contributed by atoms with E-state index in [9.17, 15) is 0 Å². The van der Waals surface area contributed by atoms with E-state index in [1.807, 2.05) is 6.92 Å². The number of nitrogens with two attached hydrogens (primary N) is 1. The molecule has 0 aliphatic carbocycles. The van der Waals surface area contributed by atoms with Crippen molar-refractivity contribution in [2.24, 2.45) is 11.7 Å². The second-order valence-corrected chi connectivity index (χ2v) is 4.87. The molecular formula is C13H22N2O2. The van der Waals surface area contributed by atoms with Crippen LogP contribution in [0.5, 0.6) is 0 Å². The molecule has 1 aromatic heterocycles. The average molecular weight is 238 g/mol. The molecule has 2 heterocycles. The van der Waals surface area contributed by atoms with Crippen LogP contribution in [0.25, 0.3) is 0 Å². The Kier molecular flexibility index (Phi) is 4.20. The molecule has 4 heteroatoms. The standard InChI is InChI=1S/C13H22N2O2/c1-10-5-12(17-13(10)6-14)8-15-4-3-11(7-15)9-16-2/h5,11H,3-4,6-9,14H2,1-2H3. The zero-order valence-electron chi connectivity index (χ0n) is 10.7. The van der Waals surface area contributed by atoms with Crippen molar-refractivity contribution in [3.8, 4) is 0 Å². The van der Waals surface area contributed by atoms with Gasteiger partial charge >= 0.3 is 0 Å². The molecule has 2 rings (SSSR count). The number of hydrogen-bond acceptors (Lipinski definition) is 4. The Morgan fingerprint density at radius 1 is 1.59 bits per heavy atom. The molecule has 1 aliphatic rings. The van der Waals surface area contributed by atoms with Gasteiger partial charge in [0.05, 0.1) is 19.7 Å². The first kappa shape index (κ1) is 12.6. The van der Waals surface area contributed by atoms with Gasteiger partial charge in [0, 0.05) is 13.7 Å². The number of rotatable bonds is 5. The molecule has 0 bridgehead atoms. The van der Waals surface area contributed by atoms with Gasteiger partial charge in [-0.2, -0.15) is 0 Å². The maximum atomic E-state index is 5.72. The smallest absolute Gasteiger partial charge is 0.120 e. The fraction of sp³-hybridized carbons (Fsp3) is 0.692. The van der Waals surface area contributed by atoms with Crippen molar-refractivity contribution in [3.63, 3.8) is 0 Å². The second kappa shape index (κ2) is 5.67. The molecule has 0 radical (unpaired) electrons. The second-order valence-electron chi connectivity index (χ2n) is 4.87. The molecule has 1 unspecified atom stereocenters. The number of nitrogens with zero attached hydrogens (tertiary/aromatic N) is 1. The predicted molar refractivity (Wildman–Crippen MR) is 66.6 cm³/mol. The molecule has 2 N–H and O–H groups in total. The number of ether oxygens (including phenoxy) is 1. The summed E-state index contributed by atoms with van der Waals surface area (Å²) in [6, 6.07) is 2.10. The Hall–Kier alpha value is -0.840. The molecule has 1 saturated heterocycles. The maximum absolute atomic E-state index is 5.72. The Morgan fingerprint density at radius 3 is 3.06 bits per heavy atom. The first-order valence-corrected chi connectivity index (χ1v) is 6.22. The van der Waals surface area contributed by atoms with Crippen LogP contribution in [0.3, 0.4) is 0 Å². The van der Waals surface area contributed by atoms with Gasteiger partial charge in [0.1, 0.15) is 11.5 Å². The predicted octanol–water partition coefficient (Wildman–Crippen LogP) is 1.52. The lowest BCUT2D eigenvalue weighted by Gasteiger charge is -2.13. The van der Waals surface area contributed by atoms with Crippen LogP contribution in [0, 0.1) is 12.8 Å². The molecule has 1 aliphatic heterocycles. The molecule has 0 saturated carbocycles. The van der Waals surface area contributed by atoms with E-state index in [1.54, 1.807) is 7.11 Å². The summed E-state index contributed by atoms with van der Waals surface area (Å²) in [4.78, 5) is 2.42. The summed E-state index contributed by atoms with van der Waals surface area (Å²) >= 11 is 0. The van der Waals surface area contributed by atoms with Crippen molar-refractivity contribution in [2.75, 3.05) is 26.8 Å². The van der Waals surface area contributed by atoms with Gasteiger partial charge in [-0.15, -0.1) is 0 Å². The summed E-state index contributed by atoms with van der Waals surface area (Å²) in [7, 11) is 1.77.